The molecule has 10 aromatic rings. The number of fused-ring (bicyclic) bond motifs is 4. The first-order valence-corrected chi connectivity index (χ1v) is 26.2. The fourth-order valence-electron chi connectivity index (χ4n) is 11.1. The van der Waals surface area contributed by atoms with E-state index in [4.69, 9.17) is 9.72 Å². The Bertz CT molecular complexity index is 3640. The van der Waals surface area contributed by atoms with Gasteiger partial charge in [-0.15, -0.1) is 0 Å². The Morgan fingerprint density at radius 2 is 0.878 bits per heavy atom. The van der Waals surface area contributed by atoms with Crippen LogP contribution in [0.25, 0.3) is 27.6 Å². The highest BCUT2D eigenvalue weighted by atomic mass is 16.5. The van der Waals surface area contributed by atoms with Crippen LogP contribution < -0.4 is 14.5 Å². The minimum Gasteiger partial charge on any atom is -0.457 e. The van der Waals surface area contributed by atoms with Gasteiger partial charge in [0.1, 0.15) is 24.0 Å². The lowest BCUT2D eigenvalue weighted by Gasteiger charge is -2.33. The van der Waals surface area contributed by atoms with E-state index in [0.29, 0.717) is 6.67 Å². The van der Waals surface area contributed by atoms with Crippen LogP contribution in [0.3, 0.4) is 0 Å². The number of rotatable bonds is 11. The highest BCUT2D eigenvalue weighted by Crippen LogP contribution is 2.50. The van der Waals surface area contributed by atoms with Crippen molar-refractivity contribution in [3.05, 3.63) is 250 Å². The zero-order valence-corrected chi connectivity index (χ0v) is 45.0. The van der Waals surface area contributed by atoms with Crippen LogP contribution in [-0.2, 0) is 21.7 Å². The lowest BCUT2D eigenvalue weighted by Crippen LogP contribution is -2.27. The Labute approximate surface area is 438 Å². The average Bonchev–Trinajstić information content (AvgIpc) is 3.95. The molecule has 8 aromatic carbocycles. The standard InChI is InChI=1S/C69H68N4O/c1-46-35-63-64(36-47(46)2)72(45-71(63)55-39-53(68(8,9)49-25-17-13-18-26-49)37-54(40-55)69(10,11)50-27-19-14-20-28-50)56-38-52(66(3,4)5)41-58(43-56)74-57-31-32-60-59-29-21-22-30-61(59)73(62(60)44-57)65-42-51(33-34-70-65)67(6,7)48-23-15-12-16-24-48/h12-44H,45H2,1-11H3. The molecule has 0 bridgehead atoms. The Kier molecular flexibility index (Phi) is 11.9. The predicted molar refractivity (Wildman–Crippen MR) is 311 cm³/mol. The molecule has 1 aliphatic rings. The van der Waals surface area contributed by atoms with E-state index in [9.17, 15) is 0 Å². The number of hydrogen-bond donors (Lipinski definition) is 0. The zero-order chi connectivity index (χ0) is 51.7. The normalized spacial score (nSPS) is 13.2. The van der Waals surface area contributed by atoms with Crippen molar-refractivity contribution < 1.29 is 4.74 Å². The summed E-state index contributed by atoms with van der Waals surface area (Å²) in [6.07, 6.45) is 1.95. The molecule has 0 unspecified atom stereocenters. The first kappa shape index (κ1) is 48.4. The summed E-state index contributed by atoms with van der Waals surface area (Å²) in [4.78, 5) is 10.0. The van der Waals surface area contributed by atoms with E-state index in [0.717, 1.165) is 39.4 Å². The lowest BCUT2D eigenvalue weighted by atomic mass is 9.73. The largest absolute Gasteiger partial charge is 0.457 e. The molecule has 370 valence electrons. The highest BCUT2D eigenvalue weighted by molar-refractivity contribution is 6.09. The predicted octanol–water partition coefficient (Wildman–Crippen LogP) is 18.1. The van der Waals surface area contributed by atoms with E-state index in [1.54, 1.807) is 0 Å². The van der Waals surface area contributed by atoms with Crippen molar-refractivity contribution in [2.24, 2.45) is 0 Å². The van der Waals surface area contributed by atoms with Gasteiger partial charge in [0.25, 0.3) is 0 Å². The molecule has 0 amide bonds. The number of nitrogens with zero attached hydrogens (tertiary/aromatic N) is 4. The summed E-state index contributed by atoms with van der Waals surface area (Å²) in [7, 11) is 0. The topological polar surface area (TPSA) is 33.5 Å². The Morgan fingerprint density at radius 3 is 1.43 bits per heavy atom. The number of ether oxygens (including phenoxy) is 1. The molecule has 74 heavy (non-hydrogen) atoms. The van der Waals surface area contributed by atoms with Gasteiger partial charge >= 0.3 is 0 Å². The molecule has 11 rings (SSSR count). The van der Waals surface area contributed by atoms with Crippen LogP contribution in [0.4, 0.5) is 22.7 Å². The van der Waals surface area contributed by atoms with E-state index in [-0.39, 0.29) is 21.7 Å². The molecule has 0 spiro atoms. The molecular weight excluding hydrogens is 901 g/mol. The number of pyridine rings is 1. The van der Waals surface area contributed by atoms with Gasteiger partial charge in [0, 0.05) is 56.7 Å². The summed E-state index contributed by atoms with van der Waals surface area (Å²) >= 11 is 0. The number of benzene rings is 8. The van der Waals surface area contributed by atoms with Crippen LogP contribution in [0.2, 0.25) is 0 Å². The maximum atomic E-state index is 7.10. The van der Waals surface area contributed by atoms with Crippen molar-refractivity contribution >= 4 is 44.6 Å². The number of para-hydroxylation sites is 1. The molecule has 0 aliphatic carbocycles. The quantitative estimate of drug-likeness (QED) is 0.129. The second-order valence-corrected chi connectivity index (χ2v) is 23.2. The first-order chi connectivity index (χ1) is 35.4. The molecule has 5 heteroatoms. The van der Waals surface area contributed by atoms with Gasteiger partial charge in [-0.05, 0) is 136 Å². The second-order valence-electron chi connectivity index (χ2n) is 23.2. The van der Waals surface area contributed by atoms with Crippen molar-refractivity contribution in [2.45, 2.75) is 97.8 Å². The molecular formula is C69H68N4O. The van der Waals surface area contributed by atoms with Gasteiger partial charge in [-0.3, -0.25) is 4.57 Å². The van der Waals surface area contributed by atoms with E-state index < -0.39 is 0 Å². The third-order valence-corrected chi connectivity index (χ3v) is 16.3. The van der Waals surface area contributed by atoms with Crippen molar-refractivity contribution in [1.29, 1.82) is 0 Å². The van der Waals surface area contributed by atoms with Gasteiger partial charge in [0.15, 0.2) is 0 Å². The highest BCUT2D eigenvalue weighted by Gasteiger charge is 2.35. The van der Waals surface area contributed by atoms with Crippen LogP contribution in [0.5, 0.6) is 11.5 Å². The molecule has 0 radical (unpaired) electrons. The van der Waals surface area contributed by atoms with Crippen LogP contribution >= 0.6 is 0 Å². The molecule has 2 aromatic heterocycles. The fraction of sp³-hybridized carbons (Fsp3) is 0.232. The van der Waals surface area contributed by atoms with E-state index in [2.05, 4.69) is 285 Å². The van der Waals surface area contributed by atoms with Gasteiger partial charge in [-0.25, -0.2) is 4.98 Å². The lowest BCUT2D eigenvalue weighted by molar-refractivity contribution is 0.479. The summed E-state index contributed by atoms with van der Waals surface area (Å²) in [5, 5.41) is 2.32. The molecule has 0 saturated carbocycles. The van der Waals surface area contributed by atoms with Crippen LogP contribution in [0.1, 0.15) is 112 Å². The van der Waals surface area contributed by atoms with Gasteiger partial charge in [0.05, 0.1) is 22.4 Å². The minimum absolute atomic E-state index is 0.157. The van der Waals surface area contributed by atoms with Gasteiger partial charge in [-0.2, -0.15) is 0 Å². The second kappa shape index (κ2) is 18.2. The Balaban J connectivity index is 1.01. The summed E-state index contributed by atoms with van der Waals surface area (Å²) < 4.78 is 9.40. The summed E-state index contributed by atoms with van der Waals surface area (Å²) in [5.41, 5.74) is 17.2. The molecule has 0 fully saturated rings. The minimum atomic E-state index is -0.255. The molecule has 0 saturated heterocycles. The molecule has 5 nitrogen and oxygen atoms in total. The smallest absolute Gasteiger partial charge is 0.137 e. The van der Waals surface area contributed by atoms with E-state index in [1.165, 1.54) is 72.5 Å². The third-order valence-electron chi connectivity index (χ3n) is 16.3. The average molecular weight is 969 g/mol. The Morgan fingerprint density at radius 1 is 0.392 bits per heavy atom. The van der Waals surface area contributed by atoms with Gasteiger partial charge in [0.2, 0.25) is 0 Å². The number of hydrogen-bond acceptors (Lipinski definition) is 4. The van der Waals surface area contributed by atoms with Crippen molar-refractivity contribution in [3.8, 4) is 17.3 Å². The first-order valence-electron chi connectivity index (χ1n) is 26.2. The fourth-order valence-corrected chi connectivity index (χ4v) is 11.1. The maximum Gasteiger partial charge on any atom is 0.137 e. The van der Waals surface area contributed by atoms with Crippen LogP contribution in [0, 0.1) is 13.8 Å². The van der Waals surface area contributed by atoms with Crippen LogP contribution in [0.15, 0.2) is 200 Å². The third kappa shape index (κ3) is 8.62. The monoisotopic (exact) mass is 969 g/mol. The zero-order valence-electron chi connectivity index (χ0n) is 45.0. The van der Waals surface area contributed by atoms with E-state index in [1.807, 2.05) is 6.20 Å². The number of aryl methyl sites for hydroxylation is 2. The summed E-state index contributed by atoms with van der Waals surface area (Å²) in [6, 6.07) is 71.0. The summed E-state index contributed by atoms with van der Waals surface area (Å²) in [5.74, 6) is 2.43. The summed E-state index contributed by atoms with van der Waals surface area (Å²) in [6.45, 7) is 26.0. The van der Waals surface area contributed by atoms with Crippen molar-refractivity contribution in [2.75, 3.05) is 16.5 Å². The van der Waals surface area contributed by atoms with Crippen LogP contribution in [-0.4, -0.2) is 16.2 Å². The maximum absolute atomic E-state index is 7.10. The molecule has 0 atom stereocenters. The Hall–Kier alpha value is -7.89. The SMILES string of the molecule is Cc1cc2c(cc1C)N(c1cc(C(C)(C)c3ccccc3)cc(C(C)(C)c3ccccc3)c1)CN2c1cc(Oc2ccc3c4ccccc4n(-c4cc(C(C)(C)c5ccccc5)ccn4)c3c2)cc(C(C)(C)C)c1. The number of anilines is 4. The molecule has 1 aliphatic heterocycles. The van der Waals surface area contributed by atoms with Crippen molar-refractivity contribution in [3.63, 3.8) is 0 Å². The number of aromatic nitrogens is 2. The van der Waals surface area contributed by atoms with E-state index >= 15 is 0 Å². The van der Waals surface area contributed by atoms with Crippen molar-refractivity contribution in [1.82, 2.24) is 9.55 Å². The molecule has 0 N–H and O–H groups in total. The van der Waals surface area contributed by atoms with Gasteiger partial charge in [-0.1, -0.05) is 178 Å². The molecule has 3 heterocycles. The van der Waals surface area contributed by atoms with Gasteiger partial charge < -0.3 is 14.5 Å².